The molecular weight excluding hydrogens is 304 g/mol. The van der Waals surface area contributed by atoms with E-state index in [0.29, 0.717) is 11.3 Å². The van der Waals surface area contributed by atoms with Crippen molar-refractivity contribution in [1.82, 2.24) is 0 Å². The molecule has 4 rings (SSSR count). The molecule has 0 aliphatic carbocycles. The number of rotatable bonds is 2. The van der Waals surface area contributed by atoms with E-state index in [1.807, 2.05) is 78.9 Å². The highest BCUT2D eigenvalue weighted by atomic mass is 28.4. The number of benzene rings is 3. The van der Waals surface area contributed by atoms with E-state index in [2.05, 4.69) is 0 Å². The van der Waals surface area contributed by atoms with Gasteiger partial charge in [-0.15, -0.1) is 0 Å². The summed E-state index contributed by atoms with van der Waals surface area (Å²) in [5.74, 6) is 0.259. The highest BCUT2D eigenvalue weighted by Gasteiger charge is 2.52. The van der Waals surface area contributed by atoms with Crippen LogP contribution in [0.25, 0.3) is 0 Å². The van der Waals surface area contributed by atoms with Crippen LogP contribution in [0.4, 0.5) is 0 Å². The van der Waals surface area contributed by atoms with Gasteiger partial charge < -0.3 is 8.85 Å². The fourth-order valence-electron chi connectivity index (χ4n) is 2.80. The minimum atomic E-state index is -3.10. The number of carbonyl (C=O) groups is 1. The largest absolute Gasteiger partial charge is 0.533 e. The Hall–Kier alpha value is -2.85. The molecule has 3 aromatic carbocycles. The topological polar surface area (TPSA) is 35.5 Å². The Morgan fingerprint density at radius 3 is 1.74 bits per heavy atom. The van der Waals surface area contributed by atoms with E-state index in [1.165, 1.54) is 0 Å². The molecule has 0 N–H and O–H groups in total. The molecule has 0 saturated heterocycles. The SMILES string of the molecule is O=C1O[Si](c2ccccc2)(c2ccccc2)Oc2ccccc21. The predicted molar refractivity (Wildman–Crippen MR) is 90.4 cm³/mol. The van der Waals surface area contributed by atoms with Gasteiger partial charge in [-0.1, -0.05) is 72.8 Å². The Labute approximate surface area is 135 Å². The van der Waals surface area contributed by atoms with Crippen LogP contribution in [0, 0.1) is 0 Å². The van der Waals surface area contributed by atoms with E-state index in [9.17, 15) is 4.79 Å². The summed E-state index contributed by atoms with van der Waals surface area (Å²) >= 11 is 0. The van der Waals surface area contributed by atoms with Crippen LogP contribution in [-0.4, -0.2) is 14.5 Å². The van der Waals surface area contributed by atoms with Crippen LogP contribution < -0.4 is 14.8 Å². The van der Waals surface area contributed by atoms with Crippen molar-refractivity contribution < 1.29 is 13.6 Å². The van der Waals surface area contributed by atoms with Crippen molar-refractivity contribution in [3.8, 4) is 5.75 Å². The van der Waals surface area contributed by atoms with E-state index in [-0.39, 0.29) is 5.97 Å². The molecule has 4 heteroatoms. The van der Waals surface area contributed by atoms with E-state index >= 15 is 0 Å². The van der Waals surface area contributed by atoms with Crippen molar-refractivity contribution in [2.75, 3.05) is 0 Å². The minimum Gasteiger partial charge on any atom is -0.505 e. The molecule has 0 spiro atoms. The smallest absolute Gasteiger partial charge is 0.505 e. The second-order valence-electron chi connectivity index (χ2n) is 5.34. The fraction of sp³-hybridized carbons (Fsp3) is 0. The lowest BCUT2D eigenvalue weighted by Crippen LogP contribution is -2.68. The number of para-hydroxylation sites is 1. The molecule has 0 fully saturated rings. The van der Waals surface area contributed by atoms with Gasteiger partial charge in [0.1, 0.15) is 5.75 Å². The first-order chi connectivity index (χ1) is 11.3. The van der Waals surface area contributed by atoms with Crippen molar-refractivity contribution in [2.45, 2.75) is 0 Å². The van der Waals surface area contributed by atoms with Crippen molar-refractivity contribution in [1.29, 1.82) is 0 Å². The third-order valence-corrected chi connectivity index (χ3v) is 7.07. The molecule has 112 valence electrons. The van der Waals surface area contributed by atoms with Crippen LogP contribution in [0.5, 0.6) is 5.75 Å². The highest BCUT2D eigenvalue weighted by molar-refractivity contribution is 6.94. The van der Waals surface area contributed by atoms with Gasteiger partial charge in [0.05, 0.1) is 5.56 Å². The van der Waals surface area contributed by atoms with Crippen LogP contribution in [-0.2, 0) is 4.43 Å². The second-order valence-corrected chi connectivity index (χ2v) is 8.13. The van der Waals surface area contributed by atoms with E-state index in [4.69, 9.17) is 8.85 Å². The fourth-order valence-corrected chi connectivity index (χ4v) is 5.77. The molecular formula is C19H14O3Si. The minimum absolute atomic E-state index is 0.328. The Balaban J connectivity index is 1.94. The number of carbonyl (C=O) groups excluding carboxylic acids is 1. The van der Waals surface area contributed by atoms with Gasteiger partial charge in [-0.3, -0.25) is 0 Å². The summed E-state index contributed by atoms with van der Waals surface area (Å²) in [6.07, 6.45) is 0. The van der Waals surface area contributed by atoms with Gasteiger partial charge >= 0.3 is 14.5 Å². The quantitative estimate of drug-likeness (QED) is 0.681. The average Bonchev–Trinajstić information content (AvgIpc) is 2.63. The molecule has 0 radical (unpaired) electrons. The molecule has 0 atom stereocenters. The lowest BCUT2D eigenvalue weighted by molar-refractivity contribution is 0.0673. The standard InChI is InChI=1S/C19H14O3Si/c20-19-17-13-7-8-14-18(17)21-23(22-19,15-9-3-1-4-10-15)16-11-5-2-6-12-16/h1-14H. The normalized spacial score (nSPS) is 15.2. The van der Waals surface area contributed by atoms with Crippen molar-refractivity contribution in [3.63, 3.8) is 0 Å². The van der Waals surface area contributed by atoms with Gasteiger partial charge in [0, 0.05) is 10.4 Å². The van der Waals surface area contributed by atoms with E-state index in [0.717, 1.165) is 10.4 Å². The van der Waals surface area contributed by atoms with Gasteiger partial charge in [-0.25, -0.2) is 4.79 Å². The van der Waals surface area contributed by atoms with Crippen molar-refractivity contribution in [3.05, 3.63) is 90.5 Å². The summed E-state index contributed by atoms with van der Waals surface area (Å²) in [5.41, 5.74) is 0.475. The molecule has 1 aliphatic rings. The molecule has 0 aromatic heterocycles. The van der Waals surface area contributed by atoms with Crippen molar-refractivity contribution in [2.24, 2.45) is 0 Å². The zero-order valence-electron chi connectivity index (χ0n) is 12.3. The molecule has 1 heterocycles. The van der Waals surface area contributed by atoms with Crippen LogP contribution in [0.15, 0.2) is 84.9 Å². The molecule has 0 bridgehead atoms. The summed E-state index contributed by atoms with van der Waals surface area (Å²) in [7, 11) is -3.10. The lowest BCUT2D eigenvalue weighted by Gasteiger charge is -2.35. The van der Waals surface area contributed by atoms with Gasteiger partial charge in [-0.2, -0.15) is 0 Å². The Morgan fingerprint density at radius 2 is 1.13 bits per heavy atom. The monoisotopic (exact) mass is 318 g/mol. The molecule has 3 aromatic rings. The number of hydrogen-bond acceptors (Lipinski definition) is 3. The van der Waals surface area contributed by atoms with Gasteiger partial charge in [0.2, 0.25) is 0 Å². The third-order valence-electron chi connectivity index (χ3n) is 3.90. The van der Waals surface area contributed by atoms with Crippen LogP contribution in [0.3, 0.4) is 0 Å². The zero-order valence-corrected chi connectivity index (χ0v) is 13.3. The van der Waals surface area contributed by atoms with Gasteiger partial charge in [0.15, 0.2) is 0 Å². The number of fused-ring (bicyclic) bond motifs is 1. The second kappa shape index (κ2) is 5.41. The zero-order chi connectivity index (χ0) is 15.7. The summed E-state index contributed by atoms with van der Waals surface area (Å²) in [6.45, 7) is 0. The van der Waals surface area contributed by atoms with Crippen LogP contribution in [0.2, 0.25) is 0 Å². The summed E-state index contributed by atoms with van der Waals surface area (Å²) in [6, 6.07) is 26.7. The Kier molecular flexibility index (Phi) is 3.24. The predicted octanol–water partition coefficient (Wildman–Crippen LogP) is 2.49. The summed E-state index contributed by atoms with van der Waals surface area (Å²) in [5, 5.41) is 1.82. The van der Waals surface area contributed by atoms with Gasteiger partial charge in [0.25, 0.3) is 0 Å². The van der Waals surface area contributed by atoms with Gasteiger partial charge in [-0.05, 0) is 12.1 Å². The number of hydrogen-bond donors (Lipinski definition) is 0. The first-order valence-corrected chi connectivity index (χ1v) is 9.24. The van der Waals surface area contributed by atoms with E-state index < -0.39 is 8.56 Å². The Bertz CT molecular complexity index is 807. The summed E-state index contributed by atoms with van der Waals surface area (Å²) < 4.78 is 12.3. The molecule has 23 heavy (non-hydrogen) atoms. The lowest BCUT2D eigenvalue weighted by atomic mass is 10.2. The summed E-state index contributed by atoms with van der Waals surface area (Å²) in [4.78, 5) is 12.6. The Morgan fingerprint density at radius 1 is 0.609 bits per heavy atom. The van der Waals surface area contributed by atoms with Crippen LogP contribution >= 0.6 is 0 Å². The highest BCUT2D eigenvalue weighted by Crippen LogP contribution is 2.28. The molecule has 3 nitrogen and oxygen atoms in total. The maximum atomic E-state index is 12.6. The first-order valence-electron chi connectivity index (χ1n) is 7.42. The first kappa shape index (κ1) is 13.8. The maximum Gasteiger partial charge on any atom is 0.533 e. The maximum absolute atomic E-state index is 12.6. The molecule has 0 amide bonds. The molecule has 1 aliphatic heterocycles. The van der Waals surface area contributed by atoms with Crippen LogP contribution in [0.1, 0.15) is 10.4 Å². The molecule has 0 unspecified atom stereocenters. The molecule has 0 saturated carbocycles. The third kappa shape index (κ3) is 2.24. The average molecular weight is 318 g/mol. The van der Waals surface area contributed by atoms with E-state index in [1.54, 1.807) is 6.07 Å². The van der Waals surface area contributed by atoms with Crippen molar-refractivity contribution >= 4 is 24.9 Å².